The van der Waals surface area contributed by atoms with Gasteiger partial charge in [0.05, 0.1) is 12.6 Å². The fourth-order valence-corrected chi connectivity index (χ4v) is 2.99. The molecule has 31 heavy (non-hydrogen) atoms. The predicted octanol–water partition coefficient (Wildman–Crippen LogP) is 4.31. The van der Waals surface area contributed by atoms with Crippen molar-refractivity contribution in [3.63, 3.8) is 0 Å². The largest absolute Gasteiger partial charge is 0.496 e. The molecule has 1 N–H and O–H groups in total. The Morgan fingerprint density at radius 3 is 2.23 bits per heavy atom. The molecule has 1 aromatic heterocycles. The van der Waals surface area contributed by atoms with Crippen LogP contribution < -0.4 is 10.1 Å². The molecule has 0 unspecified atom stereocenters. The van der Waals surface area contributed by atoms with E-state index in [4.69, 9.17) is 14.2 Å². The summed E-state index contributed by atoms with van der Waals surface area (Å²) in [6.07, 6.45) is 1.00. The zero-order valence-electron chi connectivity index (χ0n) is 19.3. The fraction of sp³-hybridized carbons (Fsp3) is 0.522. The molecule has 1 atom stereocenters. The monoisotopic (exact) mass is 432 g/mol. The molecular weight excluding hydrogens is 400 g/mol. The number of hydrogen-bond acceptors (Lipinski definition) is 6. The molecule has 1 aromatic carbocycles. The van der Waals surface area contributed by atoms with Gasteiger partial charge in [0.25, 0.3) is 0 Å². The number of ether oxygens (including phenoxy) is 3. The lowest BCUT2D eigenvalue weighted by Gasteiger charge is -2.26. The van der Waals surface area contributed by atoms with Crippen LogP contribution in [0.25, 0.3) is 10.9 Å². The van der Waals surface area contributed by atoms with E-state index in [1.54, 1.807) is 67.0 Å². The number of amides is 1. The first-order chi connectivity index (χ1) is 14.3. The Balaban J connectivity index is 2.15. The number of nitrogens with one attached hydrogen (secondary N) is 1. The number of methoxy groups -OCH3 is 1. The molecule has 1 heterocycles. The Morgan fingerprint density at radius 1 is 1.00 bits per heavy atom. The first-order valence-electron chi connectivity index (χ1n) is 10.2. The van der Waals surface area contributed by atoms with Crippen LogP contribution >= 0.6 is 0 Å². The van der Waals surface area contributed by atoms with E-state index in [9.17, 15) is 14.4 Å². The summed E-state index contributed by atoms with van der Waals surface area (Å²) in [5, 5.41) is 3.35. The SMILES string of the molecule is COc1cccc2c1ccn2C(=O)CC[C@H](NC(=O)OC(C)(C)C)C(=O)OC(C)(C)C. The summed E-state index contributed by atoms with van der Waals surface area (Å²) in [6, 6.07) is 6.23. The minimum absolute atomic E-state index is 0.0146. The Labute approximate surface area is 182 Å². The van der Waals surface area contributed by atoms with Gasteiger partial charge >= 0.3 is 12.1 Å². The van der Waals surface area contributed by atoms with E-state index in [1.807, 2.05) is 12.1 Å². The average molecular weight is 433 g/mol. The number of nitrogens with zero attached hydrogens (tertiary/aromatic N) is 1. The van der Waals surface area contributed by atoms with Gasteiger partial charge in [-0.3, -0.25) is 9.36 Å². The van der Waals surface area contributed by atoms with E-state index >= 15 is 0 Å². The molecule has 0 saturated carbocycles. The molecular formula is C23H32N2O6. The molecule has 0 spiro atoms. The van der Waals surface area contributed by atoms with Gasteiger partial charge in [0.2, 0.25) is 5.91 Å². The summed E-state index contributed by atoms with van der Waals surface area (Å²) in [6.45, 7) is 10.4. The molecule has 0 fully saturated rings. The summed E-state index contributed by atoms with van der Waals surface area (Å²) in [4.78, 5) is 37.7. The van der Waals surface area contributed by atoms with Gasteiger partial charge in [0, 0.05) is 18.0 Å². The highest BCUT2D eigenvalue weighted by molar-refractivity contribution is 5.95. The highest BCUT2D eigenvalue weighted by atomic mass is 16.6. The van der Waals surface area contributed by atoms with Crippen molar-refractivity contribution in [3.8, 4) is 5.75 Å². The smallest absolute Gasteiger partial charge is 0.408 e. The van der Waals surface area contributed by atoms with Crippen LogP contribution in [0, 0.1) is 0 Å². The Morgan fingerprint density at radius 2 is 1.65 bits per heavy atom. The van der Waals surface area contributed by atoms with Gasteiger partial charge in [0.1, 0.15) is 23.0 Å². The number of fused-ring (bicyclic) bond motifs is 1. The molecule has 0 bridgehead atoms. The number of rotatable bonds is 6. The van der Waals surface area contributed by atoms with Crippen molar-refractivity contribution in [1.82, 2.24) is 9.88 Å². The fourth-order valence-electron chi connectivity index (χ4n) is 2.99. The van der Waals surface area contributed by atoms with Crippen LogP contribution in [-0.2, 0) is 14.3 Å². The molecule has 0 aliphatic carbocycles. The zero-order chi connectivity index (χ0) is 23.4. The number of carbonyl (C=O) groups excluding carboxylic acids is 3. The van der Waals surface area contributed by atoms with E-state index in [1.165, 1.54) is 4.57 Å². The molecule has 0 saturated heterocycles. The topological polar surface area (TPSA) is 95.9 Å². The third-order valence-electron chi connectivity index (χ3n) is 4.21. The maximum Gasteiger partial charge on any atom is 0.408 e. The average Bonchev–Trinajstić information content (AvgIpc) is 3.06. The van der Waals surface area contributed by atoms with Crippen LogP contribution in [0.1, 0.15) is 59.2 Å². The molecule has 1 amide bonds. The third kappa shape index (κ3) is 7.01. The highest BCUT2D eigenvalue weighted by Gasteiger charge is 2.29. The standard InChI is InChI=1S/C23H32N2O6/c1-22(2,3)30-20(27)16(24-21(28)31-23(4,5)6)11-12-19(26)25-14-13-15-17(25)9-8-10-18(15)29-7/h8-10,13-14,16H,11-12H2,1-7H3,(H,24,28)/t16-/m0/s1. The molecule has 8 heteroatoms. The Hall–Kier alpha value is -3.03. The quantitative estimate of drug-likeness (QED) is 0.684. The van der Waals surface area contributed by atoms with Gasteiger partial charge in [-0.2, -0.15) is 0 Å². The van der Waals surface area contributed by atoms with E-state index < -0.39 is 29.3 Å². The molecule has 0 aliphatic rings. The van der Waals surface area contributed by atoms with Gasteiger partial charge in [-0.15, -0.1) is 0 Å². The molecule has 8 nitrogen and oxygen atoms in total. The van der Waals surface area contributed by atoms with Crippen molar-refractivity contribution in [2.75, 3.05) is 7.11 Å². The van der Waals surface area contributed by atoms with E-state index in [2.05, 4.69) is 5.32 Å². The van der Waals surface area contributed by atoms with Crippen molar-refractivity contribution in [2.45, 2.75) is 71.6 Å². The van der Waals surface area contributed by atoms with Crippen LogP contribution in [-0.4, -0.2) is 46.9 Å². The van der Waals surface area contributed by atoms with E-state index in [0.717, 1.165) is 5.39 Å². The minimum atomic E-state index is -1.02. The first kappa shape index (κ1) is 24.2. The summed E-state index contributed by atoms with van der Waals surface area (Å²) in [5.74, 6) is -0.171. The number of alkyl carbamates (subject to hydrolysis) is 1. The molecule has 2 aromatic rings. The van der Waals surface area contributed by atoms with Crippen LogP contribution in [0.15, 0.2) is 30.5 Å². The lowest BCUT2D eigenvalue weighted by atomic mass is 10.1. The second-order valence-electron chi connectivity index (χ2n) is 9.24. The Bertz CT molecular complexity index is 949. The number of benzene rings is 1. The maximum atomic E-state index is 12.9. The molecule has 0 aliphatic heterocycles. The molecule has 170 valence electrons. The van der Waals surface area contributed by atoms with Crippen LogP contribution in [0.2, 0.25) is 0 Å². The normalized spacial score (nSPS) is 12.9. The van der Waals surface area contributed by atoms with Crippen molar-refractivity contribution < 1.29 is 28.6 Å². The summed E-state index contributed by atoms with van der Waals surface area (Å²) in [7, 11) is 1.57. The van der Waals surface area contributed by atoms with Crippen molar-refractivity contribution in [3.05, 3.63) is 30.5 Å². The minimum Gasteiger partial charge on any atom is -0.496 e. The van der Waals surface area contributed by atoms with Gasteiger partial charge < -0.3 is 19.5 Å². The second-order valence-corrected chi connectivity index (χ2v) is 9.24. The van der Waals surface area contributed by atoms with Gasteiger partial charge in [0.15, 0.2) is 0 Å². The van der Waals surface area contributed by atoms with Crippen LogP contribution in [0.4, 0.5) is 4.79 Å². The molecule has 0 radical (unpaired) electrons. The summed E-state index contributed by atoms with van der Waals surface area (Å²) in [5.41, 5.74) is -0.748. The number of esters is 1. The predicted molar refractivity (Wildman–Crippen MR) is 117 cm³/mol. The second kappa shape index (κ2) is 9.41. The zero-order valence-corrected chi connectivity index (χ0v) is 19.3. The van der Waals surface area contributed by atoms with E-state index in [0.29, 0.717) is 11.3 Å². The van der Waals surface area contributed by atoms with Crippen LogP contribution in [0.5, 0.6) is 5.75 Å². The lowest BCUT2D eigenvalue weighted by Crippen LogP contribution is -2.46. The van der Waals surface area contributed by atoms with Crippen molar-refractivity contribution in [1.29, 1.82) is 0 Å². The number of carbonyl (C=O) groups is 3. The molecule has 2 rings (SSSR count). The number of aromatic nitrogens is 1. The van der Waals surface area contributed by atoms with Crippen molar-refractivity contribution >= 4 is 28.9 Å². The van der Waals surface area contributed by atoms with Gasteiger partial charge in [-0.05, 0) is 66.2 Å². The maximum absolute atomic E-state index is 12.9. The van der Waals surface area contributed by atoms with Crippen LogP contribution in [0.3, 0.4) is 0 Å². The lowest BCUT2D eigenvalue weighted by molar-refractivity contribution is -0.157. The van der Waals surface area contributed by atoms with Gasteiger partial charge in [-0.1, -0.05) is 6.07 Å². The van der Waals surface area contributed by atoms with E-state index in [-0.39, 0.29) is 18.7 Å². The first-order valence-corrected chi connectivity index (χ1v) is 10.2. The third-order valence-corrected chi connectivity index (χ3v) is 4.21. The van der Waals surface area contributed by atoms with Crippen molar-refractivity contribution in [2.24, 2.45) is 0 Å². The Kier molecular flexibility index (Phi) is 7.36. The van der Waals surface area contributed by atoms with Gasteiger partial charge in [-0.25, -0.2) is 9.59 Å². The summed E-state index contributed by atoms with van der Waals surface area (Å²) < 4.78 is 17.5. The highest BCUT2D eigenvalue weighted by Crippen LogP contribution is 2.26. The number of hydrogen-bond donors (Lipinski definition) is 1. The summed E-state index contributed by atoms with van der Waals surface area (Å²) >= 11 is 0.